The molecule has 1 atom stereocenters. The monoisotopic (exact) mass is 325 g/mol. The standard InChI is InChI=1S/C18H19N3O3/c1-3-20-14(22)5-4-11-7-13-10(2)6-15(23)21-12(8-19)9-24-18(16(11)20)17(13)21/h4-7,12H,3,8-9,19H2,1-2H3/t12-/m0/s1. The third-order valence-corrected chi connectivity index (χ3v) is 4.82. The van der Waals surface area contributed by atoms with Crippen LogP contribution in [0.5, 0.6) is 5.75 Å². The first-order chi connectivity index (χ1) is 11.6. The summed E-state index contributed by atoms with van der Waals surface area (Å²) in [5.41, 5.74) is 8.05. The maximum Gasteiger partial charge on any atom is 0.251 e. The minimum absolute atomic E-state index is 0.0771. The van der Waals surface area contributed by atoms with Crippen molar-refractivity contribution in [2.45, 2.75) is 26.4 Å². The van der Waals surface area contributed by atoms with E-state index in [0.29, 0.717) is 25.4 Å². The van der Waals surface area contributed by atoms with Crippen molar-refractivity contribution in [3.8, 4) is 5.75 Å². The molecular weight excluding hydrogens is 306 g/mol. The molecule has 0 bridgehead atoms. The van der Waals surface area contributed by atoms with Crippen molar-refractivity contribution in [1.29, 1.82) is 0 Å². The van der Waals surface area contributed by atoms with Crippen LogP contribution in [-0.4, -0.2) is 22.3 Å². The molecule has 1 aliphatic rings. The van der Waals surface area contributed by atoms with Crippen LogP contribution < -0.4 is 21.6 Å². The van der Waals surface area contributed by atoms with Crippen LogP contribution >= 0.6 is 0 Å². The maximum atomic E-state index is 12.6. The summed E-state index contributed by atoms with van der Waals surface area (Å²) in [5.74, 6) is 0.604. The van der Waals surface area contributed by atoms with Crippen molar-refractivity contribution in [3.63, 3.8) is 0 Å². The predicted molar refractivity (Wildman–Crippen MR) is 94.0 cm³/mol. The fourth-order valence-electron chi connectivity index (χ4n) is 3.65. The number of benzene rings is 1. The molecule has 6 nitrogen and oxygen atoms in total. The highest BCUT2D eigenvalue weighted by atomic mass is 16.5. The van der Waals surface area contributed by atoms with E-state index < -0.39 is 0 Å². The molecular formula is C18H19N3O3. The number of ether oxygens (including phenoxy) is 1. The number of rotatable bonds is 2. The molecule has 24 heavy (non-hydrogen) atoms. The lowest BCUT2D eigenvalue weighted by atomic mass is 10.0. The van der Waals surface area contributed by atoms with E-state index in [9.17, 15) is 9.59 Å². The zero-order valence-electron chi connectivity index (χ0n) is 13.7. The molecule has 2 aromatic heterocycles. The fraction of sp³-hybridized carbons (Fsp3) is 0.333. The van der Waals surface area contributed by atoms with Crippen LogP contribution in [0.1, 0.15) is 18.5 Å². The summed E-state index contributed by atoms with van der Waals surface area (Å²) in [6, 6.07) is 6.85. The first kappa shape index (κ1) is 15.0. The lowest BCUT2D eigenvalue weighted by Gasteiger charge is -2.29. The minimum Gasteiger partial charge on any atom is -0.487 e. The Hall–Kier alpha value is -2.60. The quantitative estimate of drug-likeness (QED) is 0.725. The SMILES string of the molecule is CCn1c(=O)ccc2cc3c(C)cc(=O)n4c3c(c21)OC[C@@H]4CN. The van der Waals surface area contributed by atoms with E-state index >= 15 is 0 Å². The molecule has 0 amide bonds. The Morgan fingerprint density at radius 1 is 1.21 bits per heavy atom. The summed E-state index contributed by atoms with van der Waals surface area (Å²) in [7, 11) is 0. The van der Waals surface area contributed by atoms with Gasteiger partial charge in [0.25, 0.3) is 11.1 Å². The van der Waals surface area contributed by atoms with Gasteiger partial charge >= 0.3 is 0 Å². The Morgan fingerprint density at radius 3 is 2.71 bits per heavy atom. The molecule has 0 saturated heterocycles. The summed E-state index contributed by atoms with van der Waals surface area (Å²) in [6.45, 7) is 5.03. The van der Waals surface area contributed by atoms with Gasteiger partial charge < -0.3 is 15.0 Å². The van der Waals surface area contributed by atoms with Crippen LogP contribution in [-0.2, 0) is 6.54 Å². The van der Waals surface area contributed by atoms with E-state index in [1.807, 2.05) is 26.0 Å². The summed E-state index contributed by atoms with van der Waals surface area (Å²) in [4.78, 5) is 24.8. The molecule has 3 aromatic rings. The number of fused-ring (bicyclic) bond motifs is 2. The molecule has 2 N–H and O–H groups in total. The summed E-state index contributed by atoms with van der Waals surface area (Å²) in [6.07, 6.45) is 0. The zero-order chi connectivity index (χ0) is 17.0. The smallest absolute Gasteiger partial charge is 0.251 e. The van der Waals surface area contributed by atoms with Gasteiger partial charge in [0.15, 0.2) is 5.75 Å². The Balaban J connectivity index is 2.31. The van der Waals surface area contributed by atoms with Crippen LogP contribution in [0.3, 0.4) is 0 Å². The van der Waals surface area contributed by atoms with Crippen molar-refractivity contribution in [3.05, 3.63) is 50.5 Å². The second-order valence-electron chi connectivity index (χ2n) is 6.19. The van der Waals surface area contributed by atoms with Crippen molar-refractivity contribution < 1.29 is 4.74 Å². The Morgan fingerprint density at radius 2 is 2.00 bits per heavy atom. The third-order valence-electron chi connectivity index (χ3n) is 4.82. The largest absolute Gasteiger partial charge is 0.487 e. The van der Waals surface area contributed by atoms with E-state index in [4.69, 9.17) is 10.5 Å². The van der Waals surface area contributed by atoms with E-state index in [1.165, 1.54) is 0 Å². The summed E-state index contributed by atoms with van der Waals surface area (Å²) >= 11 is 0. The van der Waals surface area contributed by atoms with Crippen LogP contribution in [0.2, 0.25) is 0 Å². The first-order valence-electron chi connectivity index (χ1n) is 8.12. The average molecular weight is 325 g/mol. The topological polar surface area (TPSA) is 79.2 Å². The number of nitrogens with two attached hydrogens (primary N) is 1. The van der Waals surface area contributed by atoms with E-state index in [2.05, 4.69) is 0 Å². The second-order valence-corrected chi connectivity index (χ2v) is 6.19. The van der Waals surface area contributed by atoms with Crippen LogP contribution in [0.25, 0.3) is 21.8 Å². The molecule has 6 heteroatoms. The molecule has 1 aliphatic heterocycles. The van der Waals surface area contributed by atoms with Crippen molar-refractivity contribution in [1.82, 2.24) is 9.13 Å². The second kappa shape index (κ2) is 5.21. The number of aryl methyl sites for hydroxylation is 2. The number of aromatic nitrogens is 2. The van der Waals surface area contributed by atoms with Crippen LogP contribution in [0, 0.1) is 6.92 Å². The van der Waals surface area contributed by atoms with Gasteiger partial charge in [0, 0.05) is 36.0 Å². The number of hydrogen-bond donors (Lipinski definition) is 1. The minimum atomic E-state index is -0.198. The average Bonchev–Trinajstić information content (AvgIpc) is 2.58. The third kappa shape index (κ3) is 1.86. The van der Waals surface area contributed by atoms with Gasteiger partial charge in [-0.2, -0.15) is 0 Å². The normalized spacial score (nSPS) is 16.5. The van der Waals surface area contributed by atoms with E-state index in [-0.39, 0.29) is 17.2 Å². The van der Waals surface area contributed by atoms with Gasteiger partial charge in [-0.05, 0) is 31.5 Å². The Bertz CT molecular complexity index is 1090. The molecule has 3 heterocycles. The highest BCUT2D eigenvalue weighted by Crippen LogP contribution is 2.38. The number of nitrogens with zero attached hydrogens (tertiary/aromatic N) is 2. The number of pyridine rings is 2. The lowest BCUT2D eigenvalue weighted by Crippen LogP contribution is -2.36. The van der Waals surface area contributed by atoms with Crippen LogP contribution in [0.4, 0.5) is 0 Å². The molecule has 1 aromatic carbocycles. The highest BCUT2D eigenvalue weighted by molar-refractivity contribution is 6.03. The van der Waals surface area contributed by atoms with E-state index in [0.717, 1.165) is 27.4 Å². The van der Waals surface area contributed by atoms with Crippen molar-refractivity contribution >= 4 is 21.8 Å². The van der Waals surface area contributed by atoms with Gasteiger partial charge in [-0.15, -0.1) is 0 Å². The maximum absolute atomic E-state index is 12.6. The molecule has 0 aliphatic carbocycles. The van der Waals surface area contributed by atoms with Gasteiger partial charge in [-0.1, -0.05) is 0 Å². The Labute approximate surface area is 138 Å². The van der Waals surface area contributed by atoms with Gasteiger partial charge in [0.05, 0.1) is 17.1 Å². The molecule has 0 unspecified atom stereocenters. The van der Waals surface area contributed by atoms with Crippen molar-refractivity contribution in [2.75, 3.05) is 13.2 Å². The molecule has 0 spiro atoms. The van der Waals surface area contributed by atoms with Gasteiger partial charge in [0.1, 0.15) is 6.61 Å². The molecule has 4 rings (SSSR count). The van der Waals surface area contributed by atoms with Crippen LogP contribution in [0.15, 0.2) is 33.9 Å². The Kier molecular flexibility index (Phi) is 3.25. The van der Waals surface area contributed by atoms with E-state index in [1.54, 1.807) is 21.3 Å². The fourth-order valence-corrected chi connectivity index (χ4v) is 3.65. The summed E-state index contributed by atoms with van der Waals surface area (Å²) in [5, 5.41) is 1.88. The molecule has 124 valence electrons. The predicted octanol–water partition coefficient (Wildman–Crippen LogP) is 1.54. The first-order valence-corrected chi connectivity index (χ1v) is 8.12. The van der Waals surface area contributed by atoms with Gasteiger partial charge in [-0.25, -0.2) is 0 Å². The van der Waals surface area contributed by atoms with Gasteiger partial charge in [-0.3, -0.25) is 14.2 Å². The molecule has 0 fully saturated rings. The number of hydrogen-bond acceptors (Lipinski definition) is 4. The summed E-state index contributed by atoms with van der Waals surface area (Å²) < 4.78 is 9.43. The molecule has 0 saturated carbocycles. The highest BCUT2D eigenvalue weighted by Gasteiger charge is 2.26. The van der Waals surface area contributed by atoms with Gasteiger partial charge in [0.2, 0.25) is 0 Å². The zero-order valence-corrected chi connectivity index (χ0v) is 13.7. The van der Waals surface area contributed by atoms with Crippen molar-refractivity contribution in [2.24, 2.45) is 5.73 Å². The lowest BCUT2D eigenvalue weighted by molar-refractivity contribution is 0.239. The molecule has 0 radical (unpaired) electrons.